The van der Waals surface area contributed by atoms with E-state index >= 15 is 0 Å². The van der Waals surface area contributed by atoms with Crippen molar-refractivity contribution in [3.05, 3.63) is 65.0 Å². The Balaban J connectivity index is 1.53. The number of nitrogens with zero attached hydrogens (tertiary/aromatic N) is 3. The van der Waals surface area contributed by atoms with E-state index in [4.69, 9.17) is 0 Å². The highest BCUT2D eigenvalue weighted by Gasteiger charge is 2.23. The van der Waals surface area contributed by atoms with Crippen molar-refractivity contribution in [1.29, 1.82) is 5.26 Å². The van der Waals surface area contributed by atoms with Gasteiger partial charge in [0, 0.05) is 32.6 Å². The minimum absolute atomic E-state index is 0.0750. The van der Waals surface area contributed by atoms with Crippen LogP contribution in [0.3, 0.4) is 0 Å². The fraction of sp³-hybridized carbons (Fsp3) is 0.417. The first-order valence-electron chi connectivity index (χ1n) is 10.1. The second-order valence-corrected chi connectivity index (χ2v) is 8.56. The molecular formula is C24H28FN3O. The summed E-state index contributed by atoms with van der Waals surface area (Å²) in [6, 6.07) is 15.1. The molecule has 0 atom stereocenters. The number of carbonyl (C=O) groups excluding carboxylic acids is 1. The summed E-state index contributed by atoms with van der Waals surface area (Å²) in [6.45, 7) is 8.94. The quantitative estimate of drug-likeness (QED) is 0.779. The van der Waals surface area contributed by atoms with E-state index in [1.807, 2.05) is 15.9 Å². The molecule has 0 radical (unpaired) electrons. The van der Waals surface area contributed by atoms with Gasteiger partial charge in [0.15, 0.2) is 0 Å². The normalized spacial score (nSPS) is 14.6. The molecule has 0 spiro atoms. The number of anilines is 1. The van der Waals surface area contributed by atoms with Gasteiger partial charge >= 0.3 is 0 Å². The molecule has 0 aromatic heterocycles. The number of rotatable bonds is 4. The summed E-state index contributed by atoms with van der Waals surface area (Å²) in [5.74, 6) is -0.356. The van der Waals surface area contributed by atoms with Crippen LogP contribution in [0.15, 0.2) is 42.5 Å². The van der Waals surface area contributed by atoms with E-state index in [2.05, 4.69) is 45.0 Å². The van der Waals surface area contributed by atoms with Crippen molar-refractivity contribution in [3.8, 4) is 6.07 Å². The molecule has 1 heterocycles. The van der Waals surface area contributed by atoms with Gasteiger partial charge in [0.05, 0.1) is 5.69 Å². The molecule has 0 unspecified atom stereocenters. The second kappa shape index (κ2) is 8.65. The van der Waals surface area contributed by atoms with Crippen molar-refractivity contribution in [3.63, 3.8) is 0 Å². The fourth-order valence-corrected chi connectivity index (χ4v) is 3.66. The average molecular weight is 394 g/mol. The largest absolute Gasteiger partial charge is 0.367 e. The lowest BCUT2D eigenvalue weighted by Crippen LogP contribution is -2.49. The van der Waals surface area contributed by atoms with E-state index in [0.29, 0.717) is 38.3 Å². The molecule has 0 saturated carbocycles. The molecule has 152 valence electrons. The number of carbonyl (C=O) groups is 1. The zero-order valence-corrected chi connectivity index (χ0v) is 17.4. The molecule has 1 amide bonds. The zero-order chi connectivity index (χ0) is 21.0. The Kier molecular flexibility index (Phi) is 6.22. The molecule has 3 rings (SSSR count). The molecule has 0 bridgehead atoms. The van der Waals surface area contributed by atoms with Crippen LogP contribution in [0.4, 0.5) is 10.1 Å². The Bertz CT molecular complexity index is 901. The maximum atomic E-state index is 13.8. The van der Waals surface area contributed by atoms with Crippen LogP contribution in [-0.4, -0.2) is 37.0 Å². The van der Waals surface area contributed by atoms with Gasteiger partial charge in [0.2, 0.25) is 5.91 Å². The molecule has 1 aliphatic heterocycles. The molecule has 5 heteroatoms. The molecule has 4 nitrogen and oxygen atoms in total. The Labute approximate surface area is 172 Å². The third kappa shape index (κ3) is 4.95. The van der Waals surface area contributed by atoms with E-state index in [1.54, 1.807) is 12.1 Å². The van der Waals surface area contributed by atoms with Gasteiger partial charge in [0.25, 0.3) is 0 Å². The third-order valence-corrected chi connectivity index (χ3v) is 5.52. The molecular weight excluding hydrogens is 365 g/mol. The monoisotopic (exact) mass is 393 g/mol. The van der Waals surface area contributed by atoms with Crippen molar-refractivity contribution in [2.45, 2.75) is 39.0 Å². The lowest BCUT2D eigenvalue weighted by atomic mass is 9.86. The second-order valence-electron chi connectivity index (χ2n) is 8.56. The van der Waals surface area contributed by atoms with Crippen molar-refractivity contribution >= 4 is 11.6 Å². The van der Waals surface area contributed by atoms with E-state index in [1.165, 1.54) is 17.2 Å². The van der Waals surface area contributed by atoms with Gasteiger partial charge in [-0.3, -0.25) is 4.79 Å². The summed E-state index contributed by atoms with van der Waals surface area (Å²) in [6.07, 6.45) is 1.21. The predicted octanol–water partition coefficient (Wildman–Crippen LogP) is 4.28. The van der Waals surface area contributed by atoms with Gasteiger partial charge in [-0.15, -0.1) is 0 Å². The van der Waals surface area contributed by atoms with Crippen molar-refractivity contribution in [1.82, 2.24) is 4.90 Å². The molecule has 0 aliphatic carbocycles. The molecule has 29 heavy (non-hydrogen) atoms. The van der Waals surface area contributed by atoms with Gasteiger partial charge in [0.1, 0.15) is 17.4 Å². The minimum atomic E-state index is -0.499. The van der Waals surface area contributed by atoms with Gasteiger partial charge in [-0.05, 0) is 35.1 Å². The average Bonchev–Trinajstić information content (AvgIpc) is 2.71. The summed E-state index contributed by atoms with van der Waals surface area (Å²) in [5, 5.41) is 9.23. The zero-order valence-electron chi connectivity index (χ0n) is 17.4. The lowest BCUT2D eigenvalue weighted by Gasteiger charge is -2.36. The smallest absolute Gasteiger partial charge is 0.223 e. The van der Waals surface area contributed by atoms with E-state index in [9.17, 15) is 14.4 Å². The number of hydrogen-bond acceptors (Lipinski definition) is 3. The molecule has 0 N–H and O–H groups in total. The van der Waals surface area contributed by atoms with Crippen molar-refractivity contribution < 1.29 is 9.18 Å². The molecule has 2 aromatic rings. The van der Waals surface area contributed by atoms with Crippen LogP contribution < -0.4 is 4.90 Å². The van der Waals surface area contributed by atoms with E-state index < -0.39 is 5.82 Å². The first-order valence-corrected chi connectivity index (χ1v) is 10.1. The van der Waals surface area contributed by atoms with Crippen LogP contribution >= 0.6 is 0 Å². The van der Waals surface area contributed by atoms with Crippen molar-refractivity contribution in [2.24, 2.45) is 0 Å². The van der Waals surface area contributed by atoms with Gasteiger partial charge in [-0.1, -0.05) is 51.1 Å². The SMILES string of the molecule is CC(C)(C)c1ccc(CCC(=O)N2CCN(c3cccc(F)c3C#N)CC2)cc1. The highest BCUT2D eigenvalue weighted by Crippen LogP contribution is 2.24. The van der Waals surface area contributed by atoms with Crippen LogP contribution in [0.1, 0.15) is 43.9 Å². The molecule has 1 aliphatic rings. The topological polar surface area (TPSA) is 47.3 Å². The lowest BCUT2D eigenvalue weighted by molar-refractivity contribution is -0.131. The van der Waals surface area contributed by atoms with Crippen LogP contribution in [0.5, 0.6) is 0 Å². The van der Waals surface area contributed by atoms with Crippen LogP contribution in [0.2, 0.25) is 0 Å². The summed E-state index contributed by atoms with van der Waals surface area (Å²) in [5.41, 5.74) is 3.27. The maximum absolute atomic E-state index is 13.8. The number of piperazine rings is 1. The Morgan fingerprint density at radius 1 is 1.07 bits per heavy atom. The van der Waals surface area contributed by atoms with E-state index in [0.717, 1.165) is 6.42 Å². The number of nitriles is 1. The van der Waals surface area contributed by atoms with Gasteiger partial charge in [-0.25, -0.2) is 4.39 Å². The number of hydrogen-bond donors (Lipinski definition) is 0. The van der Waals surface area contributed by atoms with Gasteiger partial charge < -0.3 is 9.80 Å². The number of aryl methyl sites for hydroxylation is 1. The standard InChI is InChI=1S/C24H28FN3O/c1-24(2,3)19-10-7-18(8-11-19)9-12-23(29)28-15-13-27(14-16-28)22-6-4-5-21(25)20(22)17-26/h4-8,10-11H,9,12-16H2,1-3H3. The highest BCUT2D eigenvalue weighted by molar-refractivity contribution is 5.77. The first-order chi connectivity index (χ1) is 13.8. The number of halogens is 1. The first kappa shape index (κ1) is 20.9. The van der Waals surface area contributed by atoms with Crippen molar-refractivity contribution in [2.75, 3.05) is 31.1 Å². The third-order valence-electron chi connectivity index (χ3n) is 5.52. The predicted molar refractivity (Wildman–Crippen MR) is 113 cm³/mol. The number of amides is 1. The van der Waals surface area contributed by atoms with Crippen LogP contribution in [0.25, 0.3) is 0 Å². The number of benzene rings is 2. The molecule has 1 saturated heterocycles. The Morgan fingerprint density at radius 3 is 2.31 bits per heavy atom. The Morgan fingerprint density at radius 2 is 1.72 bits per heavy atom. The summed E-state index contributed by atoms with van der Waals surface area (Å²) >= 11 is 0. The fourth-order valence-electron chi connectivity index (χ4n) is 3.66. The summed E-state index contributed by atoms with van der Waals surface area (Å²) < 4.78 is 13.8. The molecule has 1 fully saturated rings. The highest BCUT2D eigenvalue weighted by atomic mass is 19.1. The van der Waals surface area contributed by atoms with Crippen LogP contribution in [0, 0.1) is 17.1 Å². The summed E-state index contributed by atoms with van der Waals surface area (Å²) in [4.78, 5) is 16.5. The van der Waals surface area contributed by atoms with Gasteiger partial charge in [-0.2, -0.15) is 5.26 Å². The maximum Gasteiger partial charge on any atom is 0.223 e. The van der Waals surface area contributed by atoms with E-state index in [-0.39, 0.29) is 16.9 Å². The molecule has 2 aromatic carbocycles. The Hall–Kier alpha value is -2.87. The minimum Gasteiger partial charge on any atom is -0.367 e. The van der Waals surface area contributed by atoms with Crippen LogP contribution in [-0.2, 0) is 16.6 Å². The summed E-state index contributed by atoms with van der Waals surface area (Å²) in [7, 11) is 0.